The fraction of sp³-hybridized carbons (Fsp3) is 0.200. The lowest BCUT2D eigenvalue weighted by atomic mass is 10.1. The molecule has 2 nitrogen and oxygen atoms in total. The molecule has 98 valence electrons. The third-order valence-electron chi connectivity index (χ3n) is 3.51. The summed E-state index contributed by atoms with van der Waals surface area (Å²) in [6.07, 6.45) is 1.68. The molecule has 2 N–H and O–H groups in total. The van der Waals surface area contributed by atoms with Crippen LogP contribution < -0.4 is 5.32 Å². The van der Waals surface area contributed by atoms with Crippen LogP contribution in [0.5, 0.6) is 5.75 Å². The molecular weight excluding hydrogens is 309 g/mol. The standard InChI is InChI=1S/C15H13BrFNO/c16-9-4-6-14(12(17)8-9)18-13-7-5-11-10(13)2-1-3-15(11)19/h1-4,6,8,13,18-19H,5,7H2. The van der Waals surface area contributed by atoms with Crippen LogP contribution in [0.25, 0.3) is 0 Å². The van der Waals surface area contributed by atoms with Gasteiger partial charge in [0.15, 0.2) is 0 Å². The van der Waals surface area contributed by atoms with Crippen LogP contribution in [-0.4, -0.2) is 5.11 Å². The molecule has 0 fully saturated rings. The van der Waals surface area contributed by atoms with E-state index in [2.05, 4.69) is 21.2 Å². The first kappa shape index (κ1) is 12.5. The Kier molecular flexibility index (Phi) is 3.19. The maximum absolute atomic E-state index is 13.8. The third-order valence-corrected chi connectivity index (χ3v) is 4.00. The van der Waals surface area contributed by atoms with Crippen molar-refractivity contribution in [1.29, 1.82) is 0 Å². The van der Waals surface area contributed by atoms with E-state index in [4.69, 9.17) is 0 Å². The van der Waals surface area contributed by atoms with Crippen molar-refractivity contribution in [2.75, 3.05) is 5.32 Å². The normalized spacial score (nSPS) is 17.3. The Bertz CT molecular complexity index is 630. The summed E-state index contributed by atoms with van der Waals surface area (Å²) in [5.41, 5.74) is 2.52. The number of anilines is 1. The largest absolute Gasteiger partial charge is 0.508 e. The summed E-state index contributed by atoms with van der Waals surface area (Å²) in [4.78, 5) is 0. The van der Waals surface area contributed by atoms with Crippen molar-refractivity contribution >= 4 is 21.6 Å². The molecule has 0 radical (unpaired) electrons. The van der Waals surface area contributed by atoms with E-state index in [1.807, 2.05) is 18.2 Å². The molecule has 0 saturated carbocycles. The maximum atomic E-state index is 13.8. The second kappa shape index (κ2) is 4.85. The second-order valence-electron chi connectivity index (χ2n) is 4.70. The summed E-state index contributed by atoms with van der Waals surface area (Å²) >= 11 is 3.24. The van der Waals surface area contributed by atoms with Crippen LogP contribution in [0.3, 0.4) is 0 Å². The molecule has 19 heavy (non-hydrogen) atoms. The zero-order chi connectivity index (χ0) is 13.4. The van der Waals surface area contributed by atoms with Gasteiger partial charge in [-0.15, -0.1) is 0 Å². The maximum Gasteiger partial charge on any atom is 0.147 e. The molecule has 1 aliphatic carbocycles. The molecule has 0 aliphatic heterocycles. The van der Waals surface area contributed by atoms with Gasteiger partial charge in [0, 0.05) is 4.47 Å². The molecule has 0 heterocycles. The number of aromatic hydroxyl groups is 1. The predicted molar refractivity (Wildman–Crippen MR) is 76.9 cm³/mol. The Hall–Kier alpha value is -1.55. The van der Waals surface area contributed by atoms with Gasteiger partial charge in [-0.25, -0.2) is 4.39 Å². The van der Waals surface area contributed by atoms with Crippen molar-refractivity contribution in [1.82, 2.24) is 0 Å². The number of rotatable bonds is 2. The van der Waals surface area contributed by atoms with Crippen LogP contribution in [-0.2, 0) is 6.42 Å². The van der Waals surface area contributed by atoms with Crippen molar-refractivity contribution < 1.29 is 9.50 Å². The molecule has 0 amide bonds. The predicted octanol–water partition coefficient (Wildman–Crippen LogP) is 4.39. The van der Waals surface area contributed by atoms with Crippen LogP contribution in [0, 0.1) is 5.82 Å². The highest BCUT2D eigenvalue weighted by molar-refractivity contribution is 9.10. The van der Waals surface area contributed by atoms with Crippen molar-refractivity contribution in [2.45, 2.75) is 18.9 Å². The highest BCUT2D eigenvalue weighted by Gasteiger charge is 2.25. The van der Waals surface area contributed by atoms with Crippen LogP contribution >= 0.6 is 15.9 Å². The molecule has 4 heteroatoms. The van der Waals surface area contributed by atoms with E-state index >= 15 is 0 Å². The highest BCUT2D eigenvalue weighted by atomic mass is 79.9. The van der Waals surface area contributed by atoms with Crippen molar-refractivity contribution in [2.24, 2.45) is 0 Å². The minimum Gasteiger partial charge on any atom is -0.508 e. The first-order chi connectivity index (χ1) is 9.15. The second-order valence-corrected chi connectivity index (χ2v) is 5.62. The Labute approximate surface area is 119 Å². The lowest BCUT2D eigenvalue weighted by molar-refractivity contribution is 0.469. The summed E-state index contributed by atoms with van der Waals surface area (Å²) in [6, 6.07) is 10.5. The highest BCUT2D eigenvalue weighted by Crippen LogP contribution is 2.38. The Morgan fingerprint density at radius 3 is 2.89 bits per heavy atom. The number of nitrogens with one attached hydrogen (secondary N) is 1. The van der Waals surface area contributed by atoms with E-state index in [-0.39, 0.29) is 11.9 Å². The number of phenolic OH excluding ortho intramolecular Hbond substituents is 1. The molecule has 1 aliphatic rings. The zero-order valence-electron chi connectivity index (χ0n) is 10.2. The van der Waals surface area contributed by atoms with Crippen molar-refractivity contribution in [3.8, 4) is 5.75 Å². The summed E-state index contributed by atoms with van der Waals surface area (Å²) in [7, 11) is 0. The van der Waals surface area contributed by atoms with E-state index < -0.39 is 0 Å². The SMILES string of the molecule is Oc1cccc2c1CCC2Nc1ccc(Br)cc1F. The average Bonchev–Trinajstić information content (AvgIpc) is 2.78. The summed E-state index contributed by atoms with van der Waals surface area (Å²) in [5, 5.41) is 13.0. The van der Waals surface area contributed by atoms with Gasteiger partial charge >= 0.3 is 0 Å². The molecule has 0 saturated heterocycles. The number of halogens is 2. The van der Waals surface area contributed by atoms with Gasteiger partial charge in [0.05, 0.1) is 11.7 Å². The number of hydrogen-bond donors (Lipinski definition) is 2. The third kappa shape index (κ3) is 2.32. The van der Waals surface area contributed by atoms with Gasteiger partial charge in [-0.05, 0) is 48.2 Å². The summed E-state index contributed by atoms with van der Waals surface area (Å²) in [6.45, 7) is 0. The Morgan fingerprint density at radius 1 is 1.26 bits per heavy atom. The van der Waals surface area contributed by atoms with Gasteiger partial charge in [-0.1, -0.05) is 28.1 Å². The number of phenols is 1. The molecule has 0 aromatic heterocycles. The van der Waals surface area contributed by atoms with Gasteiger partial charge in [0.2, 0.25) is 0 Å². The lowest BCUT2D eigenvalue weighted by Crippen LogP contribution is -2.08. The van der Waals surface area contributed by atoms with Crippen molar-refractivity contribution in [3.05, 3.63) is 57.8 Å². The Morgan fingerprint density at radius 2 is 2.11 bits per heavy atom. The lowest BCUT2D eigenvalue weighted by Gasteiger charge is -2.16. The first-order valence-corrected chi connectivity index (χ1v) is 6.97. The molecule has 1 unspecified atom stereocenters. The van der Waals surface area contributed by atoms with Crippen LogP contribution in [0.4, 0.5) is 10.1 Å². The van der Waals surface area contributed by atoms with Gasteiger partial charge in [-0.3, -0.25) is 0 Å². The van der Waals surface area contributed by atoms with Gasteiger partial charge in [0.25, 0.3) is 0 Å². The molecule has 1 atom stereocenters. The molecule has 0 bridgehead atoms. The smallest absolute Gasteiger partial charge is 0.147 e. The topological polar surface area (TPSA) is 32.3 Å². The number of fused-ring (bicyclic) bond motifs is 1. The first-order valence-electron chi connectivity index (χ1n) is 6.17. The minimum absolute atomic E-state index is 0.0535. The molecule has 2 aromatic carbocycles. The van der Waals surface area contributed by atoms with Crippen LogP contribution in [0.15, 0.2) is 40.9 Å². The number of benzene rings is 2. The molecule has 0 spiro atoms. The fourth-order valence-corrected chi connectivity index (χ4v) is 2.91. The summed E-state index contributed by atoms with van der Waals surface area (Å²) in [5.74, 6) is 0.0565. The van der Waals surface area contributed by atoms with E-state index in [1.54, 1.807) is 12.1 Å². The van der Waals surface area contributed by atoms with E-state index in [1.165, 1.54) is 6.07 Å². The minimum atomic E-state index is -0.275. The average molecular weight is 322 g/mol. The van der Waals surface area contributed by atoms with Crippen LogP contribution in [0.2, 0.25) is 0 Å². The molecular formula is C15H13BrFNO. The van der Waals surface area contributed by atoms with Gasteiger partial charge in [-0.2, -0.15) is 0 Å². The monoisotopic (exact) mass is 321 g/mol. The molecule has 2 aromatic rings. The van der Waals surface area contributed by atoms with E-state index in [0.717, 1.165) is 28.4 Å². The van der Waals surface area contributed by atoms with Gasteiger partial charge < -0.3 is 10.4 Å². The zero-order valence-corrected chi connectivity index (χ0v) is 11.7. The Balaban J connectivity index is 1.89. The fourth-order valence-electron chi connectivity index (χ4n) is 2.58. The molecule has 3 rings (SSSR count). The van der Waals surface area contributed by atoms with Crippen LogP contribution in [0.1, 0.15) is 23.6 Å². The number of hydrogen-bond acceptors (Lipinski definition) is 2. The quantitative estimate of drug-likeness (QED) is 0.859. The van der Waals surface area contributed by atoms with E-state index in [0.29, 0.717) is 11.4 Å². The van der Waals surface area contributed by atoms with E-state index in [9.17, 15) is 9.50 Å². The van der Waals surface area contributed by atoms with Crippen molar-refractivity contribution in [3.63, 3.8) is 0 Å². The van der Waals surface area contributed by atoms with Gasteiger partial charge in [0.1, 0.15) is 11.6 Å². The summed E-state index contributed by atoms with van der Waals surface area (Å²) < 4.78 is 14.5.